The van der Waals surface area contributed by atoms with Crippen molar-refractivity contribution in [1.29, 1.82) is 0 Å². The Kier molecular flexibility index (Phi) is 3.64. The Morgan fingerprint density at radius 1 is 1.24 bits per heavy atom. The van der Waals surface area contributed by atoms with Gasteiger partial charge in [-0.1, -0.05) is 0 Å². The van der Waals surface area contributed by atoms with Crippen molar-refractivity contribution in [2.24, 2.45) is 0 Å². The van der Waals surface area contributed by atoms with Gasteiger partial charge in [0.15, 0.2) is 5.82 Å². The number of halogens is 1. The van der Waals surface area contributed by atoms with Gasteiger partial charge in [-0.2, -0.15) is 5.10 Å². The highest BCUT2D eigenvalue weighted by molar-refractivity contribution is 5.94. The highest BCUT2D eigenvalue weighted by Crippen LogP contribution is 2.29. The van der Waals surface area contributed by atoms with E-state index < -0.39 is 5.82 Å². The van der Waals surface area contributed by atoms with Crippen molar-refractivity contribution >= 4 is 5.91 Å². The summed E-state index contributed by atoms with van der Waals surface area (Å²) in [5.41, 5.74) is 2.05. The van der Waals surface area contributed by atoms with Crippen molar-refractivity contribution in [2.45, 2.75) is 6.54 Å². The van der Waals surface area contributed by atoms with Crippen LogP contribution in [-0.2, 0) is 6.54 Å². The number of ether oxygens (including phenoxy) is 1. The molecule has 0 unspecified atom stereocenters. The summed E-state index contributed by atoms with van der Waals surface area (Å²) in [7, 11) is 1.50. The lowest BCUT2D eigenvalue weighted by Crippen LogP contribution is -2.35. The Morgan fingerprint density at radius 3 is 2.92 bits per heavy atom. The van der Waals surface area contributed by atoms with Crippen LogP contribution in [0.15, 0.2) is 36.5 Å². The third kappa shape index (κ3) is 2.71. The summed E-state index contributed by atoms with van der Waals surface area (Å²) in [5, 5.41) is 7.20. The minimum absolute atomic E-state index is 0.161. The second-order valence-electron chi connectivity index (χ2n) is 5.50. The Morgan fingerprint density at radius 2 is 2.12 bits per heavy atom. The first-order valence-corrected chi connectivity index (χ1v) is 7.69. The van der Waals surface area contributed by atoms with Crippen LogP contribution >= 0.6 is 0 Å². The number of rotatable bonds is 3. The monoisotopic (exact) mass is 339 g/mol. The number of hydrogen-bond donors (Lipinski definition) is 1. The van der Waals surface area contributed by atoms with Gasteiger partial charge in [0.1, 0.15) is 23.0 Å². The summed E-state index contributed by atoms with van der Waals surface area (Å²) in [6.07, 6.45) is 1.57. The van der Waals surface area contributed by atoms with Crippen molar-refractivity contribution < 1.29 is 13.9 Å². The molecule has 1 N–H and O–H groups in total. The molecule has 1 amide bonds. The quantitative estimate of drug-likeness (QED) is 0.788. The van der Waals surface area contributed by atoms with Gasteiger partial charge in [0, 0.05) is 12.7 Å². The molecule has 1 aliphatic heterocycles. The molecule has 1 aliphatic rings. The number of carbonyl (C=O) groups is 1. The predicted molar refractivity (Wildman–Crippen MR) is 87.5 cm³/mol. The molecule has 7 nitrogen and oxygen atoms in total. The molecular formula is C17H14FN5O2. The Bertz CT molecular complexity index is 969. The molecule has 2 aromatic heterocycles. The molecule has 0 bridgehead atoms. The summed E-state index contributed by atoms with van der Waals surface area (Å²) in [6.45, 7) is 1.15. The number of amides is 1. The van der Waals surface area contributed by atoms with Crippen LogP contribution in [0.2, 0.25) is 0 Å². The van der Waals surface area contributed by atoms with Crippen LogP contribution in [0.5, 0.6) is 5.75 Å². The maximum atomic E-state index is 13.6. The zero-order valence-electron chi connectivity index (χ0n) is 13.4. The molecule has 0 saturated heterocycles. The molecule has 25 heavy (non-hydrogen) atoms. The highest BCUT2D eigenvalue weighted by atomic mass is 19.1. The molecule has 4 rings (SSSR count). The molecule has 0 aliphatic carbocycles. The molecule has 0 fully saturated rings. The lowest BCUT2D eigenvalue weighted by atomic mass is 10.1. The fourth-order valence-corrected chi connectivity index (χ4v) is 2.75. The SMILES string of the molecule is COc1ccc(F)cc1-c1nccc(-c2cc3n(n2)CCNC3=O)n1. The van der Waals surface area contributed by atoms with Gasteiger partial charge >= 0.3 is 0 Å². The van der Waals surface area contributed by atoms with E-state index in [9.17, 15) is 9.18 Å². The molecule has 0 saturated carbocycles. The van der Waals surface area contributed by atoms with E-state index in [1.165, 1.54) is 25.3 Å². The van der Waals surface area contributed by atoms with Crippen LogP contribution < -0.4 is 10.1 Å². The summed E-state index contributed by atoms with van der Waals surface area (Å²) in [6, 6.07) is 7.54. The largest absolute Gasteiger partial charge is 0.496 e. The van der Waals surface area contributed by atoms with Gasteiger partial charge in [-0.3, -0.25) is 9.48 Å². The summed E-state index contributed by atoms with van der Waals surface area (Å²) in [5.74, 6) is 0.233. The van der Waals surface area contributed by atoms with Crippen LogP contribution in [0.25, 0.3) is 22.8 Å². The van der Waals surface area contributed by atoms with Gasteiger partial charge < -0.3 is 10.1 Å². The molecular weight excluding hydrogens is 325 g/mol. The van der Waals surface area contributed by atoms with Crippen molar-refractivity contribution in [3.63, 3.8) is 0 Å². The first kappa shape index (κ1) is 15.3. The maximum absolute atomic E-state index is 13.6. The molecule has 0 radical (unpaired) electrons. The topological polar surface area (TPSA) is 81.9 Å². The van der Waals surface area contributed by atoms with E-state index in [1.54, 1.807) is 23.0 Å². The van der Waals surface area contributed by atoms with Crippen LogP contribution in [-0.4, -0.2) is 39.3 Å². The maximum Gasteiger partial charge on any atom is 0.269 e. The van der Waals surface area contributed by atoms with E-state index in [0.717, 1.165) is 0 Å². The lowest BCUT2D eigenvalue weighted by molar-refractivity contribution is 0.0924. The van der Waals surface area contributed by atoms with Crippen molar-refractivity contribution in [3.05, 3.63) is 48.0 Å². The van der Waals surface area contributed by atoms with E-state index in [1.807, 2.05) is 0 Å². The molecule has 126 valence electrons. The van der Waals surface area contributed by atoms with E-state index in [2.05, 4.69) is 20.4 Å². The number of nitrogens with zero attached hydrogens (tertiary/aromatic N) is 4. The van der Waals surface area contributed by atoms with E-state index in [0.29, 0.717) is 47.3 Å². The van der Waals surface area contributed by atoms with Crippen molar-refractivity contribution in [3.8, 4) is 28.5 Å². The number of fused-ring (bicyclic) bond motifs is 1. The first-order chi connectivity index (χ1) is 12.2. The van der Waals surface area contributed by atoms with Gasteiger partial charge in [0.2, 0.25) is 0 Å². The molecule has 1 aromatic carbocycles. The zero-order valence-corrected chi connectivity index (χ0v) is 13.4. The number of methoxy groups -OCH3 is 1. The van der Waals surface area contributed by atoms with Crippen LogP contribution in [0.3, 0.4) is 0 Å². The fourth-order valence-electron chi connectivity index (χ4n) is 2.75. The molecule has 3 aromatic rings. The Labute approximate surface area is 142 Å². The predicted octanol–water partition coefficient (Wildman–Crippen LogP) is 1.90. The normalized spacial score (nSPS) is 13.3. The van der Waals surface area contributed by atoms with Crippen LogP contribution in [0.1, 0.15) is 10.5 Å². The van der Waals surface area contributed by atoms with Crippen molar-refractivity contribution in [2.75, 3.05) is 13.7 Å². The van der Waals surface area contributed by atoms with E-state index in [-0.39, 0.29) is 5.91 Å². The Balaban J connectivity index is 1.78. The van der Waals surface area contributed by atoms with Gasteiger partial charge in [-0.15, -0.1) is 0 Å². The number of carbonyl (C=O) groups excluding carboxylic acids is 1. The van der Waals surface area contributed by atoms with Crippen molar-refractivity contribution in [1.82, 2.24) is 25.1 Å². The van der Waals surface area contributed by atoms with Gasteiger partial charge in [0.05, 0.1) is 24.9 Å². The fraction of sp³-hybridized carbons (Fsp3) is 0.176. The summed E-state index contributed by atoms with van der Waals surface area (Å²) in [4.78, 5) is 20.6. The molecule has 0 atom stereocenters. The standard InChI is InChI=1S/C17H14FN5O2/c1-25-15-3-2-10(18)8-11(15)16-19-5-4-12(21-16)13-9-14-17(24)20-6-7-23(14)22-13/h2-5,8-9H,6-7H2,1H3,(H,20,24). The second kappa shape index (κ2) is 5.97. The van der Waals surface area contributed by atoms with E-state index in [4.69, 9.17) is 4.74 Å². The number of aromatic nitrogens is 4. The molecule has 0 spiro atoms. The lowest BCUT2D eigenvalue weighted by Gasteiger charge is -2.13. The minimum atomic E-state index is -0.404. The summed E-state index contributed by atoms with van der Waals surface area (Å²) >= 11 is 0. The van der Waals surface area contributed by atoms with E-state index >= 15 is 0 Å². The average molecular weight is 339 g/mol. The van der Waals surface area contributed by atoms with Gasteiger partial charge in [0.25, 0.3) is 5.91 Å². The minimum Gasteiger partial charge on any atom is -0.496 e. The van der Waals surface area contributed by atoms with Gasteiger partial charge in [-0.05, 0) is 30.3 Å². The number of nitrogens with one attached hydrogen (secondary N) is 1. The van der Waals surface area contributed by atoms with Crippen LogP contribution in [0, 0.1) is 5.82 Å². The summed E-state index contributed by atoms with van der Waals surface area (Å²) < 4.78 is 20.5. The second-order valence-corrected chi connectivity index (χ2v) is 5.50. The Hall–Kier alpha value is -3.29. The smallest absolute Gasteiger partial charge is 0.269 e. The number of hydrogen-bond acceptors (Lipinski definition) is 5. The number of benzene rings is 1. The molecule has 3 heterocycles. The highest BCUT2D eigenvalue weighted by Gasteiger charge is 2.20. The first-order valence-electron chi connectivity index (χ1n) is 7.69. The van der Waals surface area contributed by atoms with Crippen LogP contribution in [0.4, 0.5) is 4.39 Å². The average Bonchev–Trinajstić information content (AvgIpc) is 3.08. The van der Waals surface area contributed by atoms with Gasteiger partial charge in [-0.25, -0.2) is 14.4 Å². The zero-order chi connectivity index (χ0) is 17.4. The third-order valence-electron chi connectivity index (χ3n) is 3.94. The third-order valence-corrected chi connectivity index (χ3v) is 3.94. The molecule has 8 heteroatoms.